The lowest BCUT2D eigenvalue weighted by molar-refractivity contribution is 1.32. The molecule has 0 N–H and O–H groups in total. The van der Waals surface area contributed by atoms with E-state index in [0.29, 0.717) is 0 Å². The lowest BCUT2D eigenvalue weighted by atomic mass is 9.98. The van der Waals surface area contributed by atoms with E-state index in [9.17, 15) is 0 Å². The molecule has 0 aliphatic rings. The molecule has 0 atom stereocenters. The summed E-state index contributed by atoms with van der Waals surface area (Å²) < 4.78 is 5.20. The van der Waals surface area contributed by atoms with Crippen molar-refractivity contribution in [3.05, 3.63) is 164 Å². The molecule has 0 aliphatic carbocycles. The first-order valence-electron chi connectivity index (χ1n) is 15.2. The maximum atomic E-state index is 2.50. The smallest absolute Gasteiger partial charge is 0.0641 e. The molecule has 0 fully saturated rings. The van der Waals surface area contributed by atoms with Crippen LogP contribution in [-0.2, 0) is 0 Å². The summed E-state index contributed by atoms with van der Waals surface area (Å²) >= 11 is 3.77. The highest BCUT2D eigenvalue weighted by molar-refractivity contribution is 7.27. The van der Waals surface area contributed by atoms with Crippen molar-refractivity contribution in [3.63, 3.8) is 0 Å². The molecule has 2 aromatic heterocycles. The zero-order valence-electron chi connectivity index (χ0n) is 24.4. The highest BCUT2D eigenvalue weighted by Gasteiger charge is 2.23. The second-order valence-corrected chi connectivity index (χ2v) is 13.4. The summed E-state index contributed by atoms with van der Waals surface area (Å²) in [5, 5.41) is 5.22. The van der Waals surface area contributed by atoms with Crippen molar-refractivity contribution >= 4 is 80.1 Å². The molecule has 212 valence electrons. The van der Waals surface area contributed by atoms with Crippen LogP contribution in [0.1, 0.15) is 0 Å². The Morgan fingerprint density at radius 3 is 1.76 bits per heavy atom. The Balaban J connectivity index is 1.37. The number of hydrogen-bond acceptors (Lipinski definition) is 3. The maximum Gasteiger partial charge on any atom is 0.0641 e. The molecule has 0 saturated heterocycles. The number of fused-ring (bicyclic) bond motifs is 6. The SMILES string of the molecule is c1ccc(-c2cccc(N(c3cccc4c3sc3ccccc34)c3ccc(-c4ccccc4)c4c3sc3ccccc34)c2)cc1. The second-order valence-electron chi connectivity index (χ2n) is 11.3. The standard InChI is InChI=1S/C42H27NS2/c1-3-13-28(14-4-1)30-17-11-18-31(27-30)43(36-22-12-21-34-33-19-7-9-23-38(33)44-41(34)36)37-26-25-32(29-15-5-2-6-16-29)40-35-20-8-10-24-39(35)45-42(37)40/h1-27H. The zero-order valence-corrected chi connectivity index (χ0v) is 26.0. The molecule has 0 unspecified atom stereocenters. The molecule has 0 amide bonds. The summed E-state index contributed by atoms with van der Waals surface area (Å²) in [5.74, 6) is 0. The van der Waals surface area contributed by atoms with Gasteiger partial charge >= 0.3 is 0 Å². The van der Waals surface area contributed by atoms with Gasteiger partial charge < -0.3 is 4.90 Å². The van der Waals surface area contributed by atoms with E-state index >= 15 is 0 Å². The molecule has 45 heavy (non-hydrogen) atoms. The third-order valence-corrected chi connectivity index (χ3v) is 11.1. The highest BCUT2D eigenvalue weighted by atomic mass is 32.1. The first-order chi connectivity index (χ1) is 22.3. The number of benzene rings is 7. The molecule has 9 rings (SSSR count). The molecule has 3 heteroatoms. The molecule has 0 spiro atoms. The summed E-state index contributed by atoms with van der Waals surface area (Å²) in [4.78, 5) is 2.50. The van der Waals surface area contributed by atoms with Gasteiger partial charge in [0, 0.05) is 36.6 Å². The molecule has 0 saturated carbocycles. The van der Waals surface area contributed by atoms with E-state index in [2.05, 4.69) is 169 Å². The summed E-state index contributed by atoms with van der Waals surface area (Å²) in [6, 6.07) is 59.5. The van der Waals surface area contributed by atoms with E-state index in [1.165, 1.54) is 74.0 Å². The van der Waals surface area contributed by atoms with Crippen LogP contribution in [-0.4, -0.2) is 0 Å². The van der Waals surface area contributed by atoms with Gasteiger partial charge in [0.2, 0.25) is 0 Å². The van der Waals surface area contributed by atoms with Crippen molar-refractivity contribution in [3.8, 4) is 22.3 Å². The van der Waals surface area contributed by atoms with E-state index < -0.39 is 0 Å². The molecular formula is C42H27NS2. The highest BCUT2D eigenvalue weighted by Crippen LogP contribution is 2.51. The lowest BCUT2D eigenvalue weighted by Crippen LogP contribution is -2.10. The van der Waals surface area contributed by atoms with Crippen LogP contribution in [0, 0.1) is 0 Å². The summed E-state index contributed by atoms with van der Waals surface area (Å²) in [5.41, 5.74) is 8.46. The van der Waals surface area contributed by atoms with Crippen LogP contribution in [0.5, 0.6) is 0 Å². The monoisotopic (exact) mass is 609 g/mol. The Bertz CT molecular complexity index is 2490. The Morgan fingerprint density at radius 2 is 0.956 bits per heavy atom. The van der Waals surface area contributed by atoms with Gasteiger partial charge in [-0.25, -0.2) is 0 Å². The molecule has 9 aromatic rings. The number of thiophene rings is 2. The topological polar surface area (TPSA) is 3.24 Å². The fourth-order valence-electron chi connectivity index (χ4n) is 6.62. The quantitative estimate of drug-likeness (QED) is 0.188. The average Bonchev–Trinajstić information content (AvgIpc) is 3.69. The van der Waals surface area contributed by atoms with Gasteiger partial charge in [-0.2, -0.15) is 0 Å². The predicted octanol–water partition coefficient (Wildman–Crippen LogP) is 13.2. The normalized spacial score (nSPS) is 11.6. The largest absolute Gasteiger partial charge is 0.308 e. The third kappa shape index (κ3) is 4.35. The van der Waals surface area contributed by atoms with Crippen LogP contribution in [0.4, 0.5) is 17.1 Å². The van der Waals surface area contributed by atoms with Crippen molar-refractivity contribution in [2.24, 2.45) is 0 Å². The van der Waals surface area contributed by atoms with Crippen molar-refractivity contribution < 1.29 is 0 Å². The van der Waals surface area contributed by atoms with E-state index in [0.717, 1.165) is 5.69 Å². The summed E-state index contributed by atoms with van der Waals surface area (Å²) in [6.07, 6.45) is 0. The minimum absolute atomic E-state index is 1.15. The fourth-order valence-corrected chi connectivity index (χ4v) is 9.06. The number of nitrogens with zero attached hydrogens (tertiary/aromatic N) is 1. The van der Waals surface area contributed by atoms with E-state index in [1.54, 1.807) is 0 Å². The Morgan fingerprint density at radius 1 is 0.378 bits per heavy atom. The summed E-state index contributed by atoms with van der Waals surface area (Å²) in [7, 11) is 0. The Hall–Kier alpha value is -5.22. The molecule has 0 radical (unpaired) electrons. The van der Waals surface area contributed by atoms with E-state index in [4.69, 9.17) is 0 Å². The average molecular weight is 610 g/mol. The van der Waals surface area contributed by atoms with Crippen LogP contribution in [0.15, 0.2) is 164 Å². The van der Waals surface area contributed by atoms with Crippen molar-refractivity contribution in [1.82, 2.24) is 0 Å². The van der Waals surface area contributed by atoms with E-state index in [-0.39, 0.29) is 0 Å². The van der Waals surface area contributed by atoms with Crippen LogP contribution in [0.25, 0.3) is 62.6 Å². The Kier molecular flexibility index (Phi) is 6.26. The molecule has 7 aromatic carbocycles. The van der Waals surface area contributed by atoms with Crippen LogP contribution < -0.4 is 4.90 Å². The van der Waals surface area contributed by atoms with Gasteiger partial charge in [-0.3, -0.25) is 0 Å². The van der Waals surface area contributed by atoms with Gasteiger partial charge in [0.25, 0.3) is 0 Å². The lowest BCUT2D eigenvalue weighted by Gasteiger charge is -2.27. The van der Waals surface area contributed by atoms with Gasteiger partial charge in [-0.15, -0.1) is 22.7 Å². The molecule has 0 aliphatic heterocycles. The zero-order chi connectivity index (χ0) is 29.7. The molecule has 2 heterocycles. The van der Waals surface area contributed by atoms with Gasteiger partial charge in [0.05, 0.1) is 20.8 Å². The van der Waals surface area contributed by atoms with Crippen molar-refractivity contribution in [2.45, 2.75) is 0 Å². The van der Waals surface area contributed by atoms with Crippen LogP contribution in [0.3, 0.4) is 0 Å². The predicted molar refractivity (Wildman–Crippen MR) is 198 cm³/mol. The van der Waals surface area contributed by atoms with Crippen LogP contribution >= 0.6 is 22.7 Å². The molecular weight excluding hydrogens is 583 g/mol. The van der Waals surface area contributed by atoms with Crippen LogP contribution in [0.2, 0.25) is 0 Å². The minimum atomic E-state index is 1.15. The fraction of sp³-hybridized carbons (Fsp3) is 0. The molecule has 1 nitrogen and oxygen atoms in total. The first-order valence-corrected chi connectivity index (χ1v) is 16.8. The maximum absolute atomic E-state index is 2.50. The third-order valence-electron chi connectivity index (χ3n) is 8.67. The Labute approximate surface area is 269 Å². The number of rotatable bonds is 5. The van der Waals surface area contributed by atoms with Gasteiger partial charge in [0.15, 0.2) is 0 Å². The molecule has 0 bridgehead atoms. The van der Waals surface area contributed by atoms with E-state index in [1.807, 2.05) is 22.7 Å². The van der Waals surface area contributed by atoms with Gasteiger partial charge in [-0.1, -0.05) is 127 Å². The van der Waals surface area contributed by atoms with Crippen molar-refractivity contribution in [2.75, 3.05) is 4.90 Å². The number of hydrogen-bond donors (Lipinski definition) is 0. The van der Waals surface area contributed by atoms with Crippen molar-refractivity contribution in [1.29, 1.82) is 0 Å². The number of anilines is 3. The second kappa shape index (κ2) is 10.7. The first kappa shape index (κ1) is 26.2. The van der Waals surface area contributed by atoms with Gasteiger partial charge in [0.1, 0.15) is 0 Å². The van der Waals surface area contributed by atoms with Gasteiger partial charge in [-0.05, 0) is 58.7 Å². The minimum Gasteiger partial charge on any atom is -0.308 e. The summed E-state index contributed by atoms with van der Waals surface area (Å²) in [6.45, 7) is 0.